The van der Waals surface area contributed by atoms with E-state index in [1.807, 2.05) is 6.92 Å². The molecule has 2 heterocycles. The molecule has 0 unspecified atom stereocenters. The Balaban J connectivity index is 1.85. The number of methoxy groups -OCH3 is 1. The standard InChI is InChI=1S/C18H15N3O3S/c1-11-7-12(9-24-2)15(8-19)16(20-11)25-10-21-17(22)13-5-3-4-6-14(13)18(21)23/h3-7H,9-10H2,1-2H3. The van der Waals surface area contributed by atoms with E-state index in [4.69, 9.17) is 4.74 Å². The number of nitrogens with zero attached hydrogens (tertiary/aromatic N) is 3. The Morgan fingerprint density at radius 3 is 2.44 bits per heavy atom. The number of thioether (sulfide) groups is 1. The zero-order valence-electron chi connectivity index (χ0n) is 13.8. The van der Waals surface area contributed by atoms with Crippen molar-refractivity contribution in [1.29, 1.82) is 5.26 Å². The highest BCUT2D eigenvalue weighted by Gasteiger charge is 2.35. The lowest BCUT2D eigenvalue weighted by Crippen LogP contribution is -2.29. The first-order valence-electron chi connectivity index (χ1n) is 7.54. The van der Waals surface area contributed by atoms with E-state index >= 15 is 0 Å². The first-order valence-corrected chi connectivity index (χ1v) is 8.53. The Labute approximate surface area is 149 Å². The molecular weight excluding hydrogens is 338 g/mol. The predicted octanol–water partition coefficient (Wildman–Crippen LogP) is 2.75. The van der Waals surface area contributed by atoms with E-state index in [0.717, 1.165) is 11.3 Å². The highest BCUT2D eigenvalue weighted by atomic mass is 32.2. The molecule has 0 fully saturated rings. The van der Waals surface area contributed by atoms with Crippen LogP contribution in [0.2, 0.25) is 0 Å². The molecule has 7 heteroatoms. The third kappa shape index (κ3) is 3.14. The largest absolute Gasteiger partial charge is 0.380 e. The van der Waals surface area contributed by atoms with E-state index in [2.05, 4.69) is 11.1 Å². The first kappa shape index (κ1) is 17.1. The first-order chi connectivity index (χ1) is 12.1. The second-order valence-corrected chi connectivity index (χ2v) is 6.44. The van der Waals surface area contributed by atoms with Gasteiger partial charge in [0, 0.05) is 12.8 Å². The molecule has 1 aromatic carbocycles. The van der Waals surface area contributed by atoms with Crippen molar-refractivity contribution in [1.82, 2.24) is 9.88 Å². The number of imide groups is 1. The van der Waals surface area contributed by atoms with Crippen molar-refractivity contribution < 1.29 is 14.3 Å². The topological polar surface area (TPSA) is 83.3 Å². The summed E-state index contributed by atoms with van der Waals surface area (Å²) < 4.78 is 5.13. The van der Waals surface area contributed by atoms with Crippen molar-refractivity contribution in [2.24, 2.45) is 0 Å². The molecule has 2 amide bonds. The number of pyridine rings is 1. The van der Waals surface area contributed by atoms with Gasteiger partial charge in [0.05, 0.1) is 29.2 Å². The van der Waals surface area contributed by atoms with E-state index in [0.29, 0.717) is 28.3 Å². The van der Waals surface area contributed by atoms with Crippen LogP contribution >= 0.6 is 11.8 Å². The predicted molar refractivity (Wildman–Crippen MR) is 92.1 cm³/mol. The normalized spacial score (nSPS) is 13.1. The summed E-state index contributed by atoms with van der Waals surface area (Å²) in [7, 11) is 1.56. The third-order valence-corrected chi connectivity index (χ3v) is 4.77. The number of hydrogen-bond donors (Lipinski definition) is 0. The van der Waals surface area contributed by atoms with Gasteiger partial charge in [-0.3, -0.25) is 14.5 Å². The van der Waals surface area contributed by atoms with Gasteiger partial charge in [0.25, 0.3) is 11.8 Å². The molecule has 6 nitrogen and oxygen atoms in total. The van der Waals surface area contributed by atoms with Crippen molar-refractivity contribution in [3.63, 3.8) is 0 Å². The maximum absolute atomic E-state index is 12.4. The van der Waals surface area contributed by atoms with Crippen LogP contribution in [0.15, 0.2) is 35.4 Å². The van der Waals surface area contributed by atoms with Crippen LogP contribution in [0.1, 0.15) is 37.5 Å². The maximum Gasteiger partial charge on any atom is 0.262 e. The van der Waals surface area contributed by atoms with Crippen LogP contribution in [0.3, 0.4) is 0 Å². The number of aryl methyl sites for hydroxylation is 1. The Hall–Kier alpha value is -2.69. The third-order valence-electron chi connectivity index (χ3n) is 3.82. The van der Waals surface area contributed by atoms with Crippen molar-refractivity contribution in [2.75, 3.05) is 13.0 Å². The Morgan fingerprint density at radius 2 is 1.88 bits per heavy atom. The minimum absolute atomic E-state index is 0.101. The van der Waals surface area contributed by atoms with Crippen molar-refractivity contribution >= 4 is 23.6 Å². The molecule has 0 bridgehead atoms. The summed E-state index contributed by atoms with van der Waals surface area (Å²) in [5, 5.41) is 9.94. The van der Waals surface area contributed by atoms with Crippen LogP contribution in [-0.2, 0) is 11.3 Å². The molecule has 0 atom stereocenters. The lowest BCUT2D eigenvalue weighted by atomic mass is 10.1. The average Bonchev–Trinajstić information content (AvgIpc) is 2.84. The highest BCUT2D eigenvalue weighted by molar-refractivity contribution is 7.99. The zero-order chi connectivity index (χ0) is 18.0. The molecule has 2 aromatic rings. The lowest BCUT2D eigenvalue weighted by Gasteiger charge is -2.14. The fourth-order valence-electron chi connectivity index (χ4n) is 2.69. The van der Waals surface area contributed by atoms with Crippen LogP contribution in [-0.4, -0.2) is 34.7 Å². The van der Waals surface area contributed by atoms with Crippen molar-refractivity contribution in [3.05, 3.63) is 58.3 Å². The molecule has 0 spiro atoms. The van der Waals surface area contributed by atoms with Gasteiger partial charge in [-0.2, -0.15) is 5.26 Å². The summed E-state index contributed by atoms with van der Waals surface area (Å²) in [5.41, 5.74) is 2.71. The van der Waals surface area contributed by atoms with Gasteiger partial charge in [0.2, 0.25) is 0 Å². The van der Waals surface area contributed by atoms with Gasteiger partial charge in [-0.15, -0.1) is 0 Å². The number of amides is 2. The number of carbonyl (C=O) groups is 2. The fraction of sp³-hybridized carbons (Fsp3) is 0.222. The number of hydrogen-bond acceptors (Lipinski definition) is 6. The molecular formula is C18H15N3O3S. The van der Waals surface area contributed by atoms with Gasteiger partial charge < -0.3 is 4.74 Å². The van der Waals surface area contributed by atoms with Crippen molar-refractivity contribution in [3.8, 4) is 6.07 Å². The summed E-state index contributed by atoms with van der Waals surface area (Å²) in [6, 6.07) is 10.7. The SMILES string of the molecule is COCc1cc(C)nc(SCN2C(=O)c3ccccc3C2=O)c1C#N. The van der Waals surface area contributed by atoms with E-state index < -0.39 is 0 Å². The smallest absolute Gasteiger partial charge is 0.262 e. The minimum Gasteiger partial charge on any atom is -0.380 e. The van der Waals surface area contributed by atoms with Crippen LogP contribution in [0, 0.1) is 18.3 Å². The van der Waals surface area contributed by atoms with Gasteiger partial charge >= 0.3 is 0 Å². The quantitative estimate of drug-likeness (QED) is 0.607. The van der Waals surface area contributed by atoms with Crippen LogP contribution < -0.4 is 0 Å². The number of fused-ring (bicyclic) bond motifs is 1. The molecule has 25 heavy (non-hydrogen) atoms. The molecule has 1 aliphatic rings. The van der Waals surface area contributed by atoms with Gasteiger partial charge in [-0.05, 0) is 30.7 Å². The second kappa shape index (κ2) is 7.05. The Kier molecular flexibility index (Phi) is 4.83. The summed E-state index contributed by atoms with van der Waals surface area (Å²) in [6.45, 7) is 2.12. The summed E-state index contributed by atoms with van der Waals surface area (Å²) in [4.78, 5) is 30.4. The van der Waals surface area contributed by atoms with E-state index in [9.17, 15) is 14.9 Å². The monoisotopic (exact) mass is 353 g/mol. The van der Waals surface area contributed by atoms with Gasteiger partial charge in [0.1, 0.15) is 11.1 Å². The van der Waals surface area contributed by atoms with E-state index in [1.54, 1.807) is 37.4 Å². The van der Waals surface area contributed by atoms with E-state index in [-0.39, 0.29) is 17.7 Å². The van der Waals surface area contributed by atoms with Gasteiger partial charge in [-0.25, -0.2) is 4.98 Å². The number of benzene rings is 1. The molecule has 3 rings (SSSR count). The van der Waals surface area contributed by atoms with Gasteiger partial charge in [0.15, 0.2) is 0 Å². The number of carbonyl (C=O) groups excluding carboxylic acids is 2. The Morgan fingerprint density at radius 1 is 1.24 bits per heavy atom. The fourth-order valence-corrected chi connectivity index (χ4v) is 3.70. The average molecular weight is 353 g/mol. The Bertz CT molecular complexity index is 870. The summed E-state index contributed by atoms with van der Waals surface area (Å²) in [5.74, 6) is -0.545. The lowest BCUT2D eigenvalue weighted by molar-refractivity contribution is 0.0684. The molecule has 0 saturated carbocycles. The summed E-state index contributed by atoms with van der Waals surface area (Å²) in [6.07, 6.45) is 0. The molecule has 0 radical (unpaired) electrons. The molecule has 126 valence electrons. The number of nitriles is 1. The highest BCUT2D eigenvalue weighted by Crippen LogP contribution is 2.29. The molecule has 1 aliphatic heterocycles. The number of ether oxygens (including phenoxy) is 1. The molecule has 0 saturated heterocycles. The maximum atomic E-state index is 12.4. The molecule has 0 aliphatic carbocycles. The zero-order valence-corrected chi connectivity index (χ0v) is 14.6. The second-order valence-electron chi connectivity index (χ2n) is 5.51. The van der Waals surface area contributed by atoms with Crippen LogP contribution in [0.5, 0.6) is 0 Å². The van der Waals surface area contributed by atoms with Gasteiger partial charge in [-0.1, -0.05) is 23.9 Å². The molecule has 1 aromatic heterocycles. The van der Waals surface area contributed by atoms with Crippen LogP contribution in [0.4, 0.5) is 0 Å². The van der Waals surface area contributed by atoms with Crippen molar-refractivity contribution in [2.45, 2.75) is 18.6 Å². The summed E-state index contributed by atoms with van der Waals surface area (Å²) >= 11 is 1.20. The van der Waals surface area contributed by atoms with E-state index in [1.165, 1.54) is 16.7 Å². The number of aromatic nitrogens is 1. The van der Waals surface area contributed by atoms with Crippen LogP contribution in [0.25, 0.3) is 0 Å². The molecule has 0 N–H and O–H groups in total. The number of rotatable bonds is 5. The minimum atomic E-state index is -0.323.